The van der Waals surface area contributed by atoms with Gasteiger partial charge < -0.3 is 0 Å². The van der Waals surface area contributed by atoms with Crippen LogP contribution in [-0.4, -0.2) is 0 Å². The molecule has 182 valence electrons. The Morgan fingerprint density at radius 1 is 0.906 bits per heavy atom. The number of hydrogen-bond acceptors (Lipinski definition) is 0. The number of rotatable bonds is 6. The molecule has 0 bridgehead atoms. The van der Waals surface area contributed by atoms with Crippen molar-refractivity contribution in [1.29, 1.82) is 0 Å². The molecule has 0 radical (unpaired) electrons. The van der Waals surface area contributed by atoms with Gasteiger partial charge >= 0.3 is 0 Å². The third-order valence-electron chi connectivity index (χ3n) is 9.97. The van der Waals surface area contributed by atoms with Gasteiger partial charge in [-0.05, 0) is 123 Å². The van der Waals surface area contributed by atoms with Gasteiger partial charge in [-0.25, -0.2) is 0 Å². The number of fused-ring (bicyclic) bond motifs is 1. The van der Waals surface area contributed by atoms with Crippen molar-refractivity contribution in [2.75, 3.05) is 0 Å². The summed E-state index contributed by atoms with van der Waals surface area (Å²) in [6, 6.07) is 0. The van der Waals surface area contributed by atoms with Gasteiger partial charge in [0.15, 0.2) is 0 Å². The molecule has 0 aromatic carbocycles. The average Bonchev–Trinajstić information content (AvgIpc) is 3.15. The minimum absolute atomic E-state index is 0.532. The van der Waals surface area contributed by atoms with E-state index in [9.17, 15) is 0 Å². The maximum absolute atomic E-state index is 4.43. The molecular formula is C32H54. The van der Waals surface area contributed by atoms with E-state index in [4.69, 9.17) is 0 Å². The summed E-state index contributed by atoms with van der Waals surface area (Å²) in [6.45, 7) is 27.8. The highest BCUT2D eigenvalue weighted by molar-refractivity contribution is 5.46. The summed E-state index contributed by atoms with van der Waals surface area (Å²) in [4.78, 5) is 0. The molecule has 3 aliphatic rings. The Balaban J connectivity index is 0.00000176. The molecule has 0 saturated heterocycles. The third-order valence-corrected chi connectivity index (χ3v) is 9.97. The molecule has 0 amide bonds. The van der Waals surface area contributed by atoms with E-state index in [1.807, 2.05) is 5.57 Å². The van der Waals surface area contributed by atoms with E-state index in [-0.39, 0.29) is 0 Å². The minimum atomic E-state index is 0.532. The first kappa shape index (κ1) is 27.2. The lowest BCUT2D eigenvalue weighted by atomic mass is 9.60. The van der Waals surface area contributed by atoms with Crippen molar-refractivity contribution < 1.29 is 0 Å². The van der Waals surface area contributed by atoms with Gasteiger partial charge in [-0.1, -0.05) is 65.2 Å². The molecule has 0 heterocycles. The summed E-state index contributed by atoms with van der Waals surface area (Å²) in [5.41, 5.74) is 8.62. The average molecular weight is 439 g/mol. The fraction of sp³-hybridized carbons (Fsp3) is 0.750. The van der Waals surface area contributed by atoms with Crippen LogP contribution in [0.4, 0.5) is 0 Å². The van der Waals surface area contributed by atoms with Crippen LogP contribution in [0.5, 0.6) is 0 Å². The smallest absolute Gasteiger partial charge is 0.0141 e. The highest BCUT2D eigenvalue weighted by Crippen LogP contribution is 2.60. The summed E-state index contributed by atoms with van der Waals surface area (Å²) in [7, 11) is 0. The van der Waals surface area contributed by atoms with Crippen LogP contribution in [0.2, 0.25) is 0 Å². The topological polar surface area (TPSA) is 0 Å². The Labute approximate surface area is 201 Å². The zero-order valence-electron chi connectivity index (χ0n) is 22.8. The second-order valence-corrected chi connectivity index (χ2v) is 11.9. The highest BCUT2D eigenvalue weighted by atomic mass is 14.6. The van der Waals surface area contributed by atoms with Crippen molar-refractivity contribution in [1.82, 2.24) is 0 Å². The summed E-state index contributed by atoms with van der Waals surface area (Å²) in [6.07, 6.45) is 15.1. The van der Waals surface area contributed by atoms with Gasteiger partial charge in [-0.3, -0.25) is 0 Å². The first-order valence-electron chi connectivity index (χ1n) is 13.7. The summed E-state index contributed by atoms with van der Waals surface area (Å²) >= 11 is 0. The molecule has 0 nitrogen and oxygen atoms in total. The Kier molecular flexibility index (Phi) is 10.1. The number of allylic oxidation sites excluding steroid dienone is 5. The monoisotopic (exact) mass is 438 g/mol. The first-order valence-corrected chi connectivity index (χ1v) is 13.7. The zero-order valence-corrected chi connectivity index (χ0v) is 22.8. The van der Waals surface area contributed by atoms with E-state index in [1.54, 1.807) is 16.7 Å². The van der Waals surface area contributed by atoms with Gasteiger partial charge in [0.25, 0.3) is 0 Å². The standard InChI is InChI=1S/C30H50.C2H4/c1-20(2)21(3)15-16-23(5)28-17-18-29-27(14-11-19-30(28,29)8)25(7)24(6)26-13-10-9-12-22(26)4;1-2/h20-21,23,28-29H,4,9-19H2,1-3,5-8H3;1-2H2/b26-24-,27-25+;. The number of hydrogen-bond donors (Lipinski definition) is 0. The second-order valence-electron chi connectivity index (χ2n) is 11.9. The zero-order chi connectivity index (χ0) is 24.1. The molecule has 3 rings (SSSR count). The van der Waals surface area contributed by atoms with Crippen LogP contribution in [0, 0.1) is 35.0 Å². The molecule has 3 aliphatic carbocycles. The maximum Gasteiger partial charge on any atom is -0.0141 e. The van der Waals surface area contributed by atoms with Crippen molar-refractivity contribution >= 4 is 0 Å². The summed E-state index contributed by atoms with van der Waals surface area (Å²) < 4.78 is 0. The van der Waals surface area contributed by atoms with Crippen molar-refractivity contribution in [2.45, 2.75) is 119 Å². The third kappa shape index (κ3) is 5.71. The minimum Gasteiger partial charge on any atom is -0.106 e. The predicted octanol–water partition coefficient (Wildman–Crippen LogP) is 10.5. The Morgan fingerprint density at radius 3 is 2.19 bits per heavy atom. The van der Waals surface area contributed by atoms with Gasteiger partial charge in [-0.15, -0.1) is 13.2 Å². The Morgan fingerprint density at radius 2 is 1.56 bits per heavy atom. The van der Waals surface area contributed by atoms with Crippen LogP contribution in [0.25, 0.3) is 0 Å². The van der Waals surface area contributed by atoms with Crippen molar-refractivity contribution in [3.8, 4) is 0 Å². The van der Waals surface area contributed by atoms with Crippen LogP contribution >= 0.6 is 0 Å². The molecule has 3 fully saturated rings. The molecule has 0 aromatic rings. The fourth-order valence-corrected chi connectivity index (χ4v) is 7.36. The lowest BCUT2D eigenvalue weighted by molar-refractivity contribution is 0.0902. The van der Waals surface area contributed by atoms with E-state index < -0.39 is 0 Å². The van der Waals surface area contributed by atoms with Gasteiger partial charge in [0.1, 0.15) is 0 Å². The van der Waals surface area contributed by atoms with E-state index in [1.165, 1.54) is 76.2 Å². The summed E-state index contributed by atoms with van der Waals surface area (Å²) in [5, 5.41) is 0. The largest absolute Gasteiger partial charge is 0.106 e. The highest BCUT2D eigenvalue weighted by Gasteiger charge is 2.51. The summed E-state index contributed by atoms with van der Waals surface area (Å²) in [5.74, 6) is 4.30. The van der Waals surface area contributed by atoms with Crippen LogP contribution in [0.1, 0.15) is 119 Å². The fourth-order valence-electron chi connectivity index (χ4n) is 7.36. The second kappa shape index (κ2) is 11.9. The van der Waals surface area contributed by atoms with E-state index >= 15 is 0 Å². The Bertz CT molecular complexity index is 702. The molecule has 0 N–H and O–H groups in total. The van der Waals surface area contributed by atoms with Crippen molar-refractivity contribution in [2.24, 2.45) is 35.0 Å². The lowest BCUT2D eigenvalue weighted by Crippen LogP contribution is -2.36. The van der Waals surface area contributed by atoms with Crippen LogP contribution in [-0.2, 0) is 0 Å². The van der Waals surface area contributed by atoms with E-state index in [2.05, 4.69) is 68.2 Å². The molecule has 0 aliphatic heterocycles. The van der Waals surface area contributed by atoms with Crippen molar-refractivity contribution in [3.05, 3.63) is 47.6 Å². The molecule has 0 aromatic heterocycles. The molecule has 32 heavy (non-hydrogen) atoms. The normalized spacial score (nSPS) is 33.2. The van der Waals surface area contributed by atoms with Gasteiger partial charge in [-0.2, -0.15) is 0 Å². The van der Waals surface area contributed by atoms with Crippen LogP contribution in [0.15, 0.2) is 47.6 Å². The van der Waals surface area contributed by atoms with Crippen molar-refractivity contribution in [3.63, 3.8) is 0 Å². The van der Waals surface area contributed by atoms with Gasteiger partial charge in [0, 0.05) is 0 Å². The molecule has 0 spiro atoms. The molecule has 3 saturated carbocycles. The van der Waals surface area contributed by atoms with E-state index in [0.717, 1.165) is 29.6 Å². The SMILES string of the molecule is C=C.C=C1CCCC/C1=C(C)/C(C)=C1\CCCC2(C)C1CCC2C(C)CCC(C)C(C)C. The predicted molar refractivity (Wildman–Crippen MR) is 145 cm³/mol. The van der Waals surface area contributed by atoms with Crippen LogP contribution in [0.3, 0.4) is 0 Å². The first-order chi connectivity index (χ1) is 15.2. The van der Waals surface area contributed by atoms with E-state index in [0.29, 0.717) is 5.41 Å². The lowest BCUT2D eigenvalue weighted by Gasteiger charge is -2.45. The Hall–Kier alpha value is -1.04. The molecule has 5 unspecified atom stereocenters. The molecular weight excluding hydrogens is 384 g/mol. The van der Waals surface area contributed by atoms with Crippen LogP contribution < -0.4 is 0 Å². The van der Waals surface area contributed by atoms with Gasteiger partial charge in [0.2, 0.25) is 0 Å². The van der Waals surface area contributed by atoms with Gasteiger partial charge in [0.05, 0.1) is 0 Å². The maximum atomic E-state index is 4.43. The molecule has 5 atom stereocenters. The molecule has 0 heteroatoms. The quantitative estimate of drug-likeness (QED) is 0.362.